The van der Waals surface area contributed by atoms with Gasteiger partial charge in [-0.3, -0.25) is 4.90 Å². The second-order valence-electron chi connectivity index (χ2n) is 4.71. The average Bonchev–Trinajstić information content (AvgIpc) is 2.63. The zero-order valence-electron chi connectivity index (χ0n) is 8.62. The van der Waals surface area contributed by atoms with Crippen molar-refractivity contribution in [1.82, 2.24) is 4.90 Å². The Labute approximate surface area is 80.2 Å². The van der Waals surface area contributed by atoms with E-state index < -0.39 is 0 Å². The molecule has 0 aromatic heterocycles. The highest BCUT2D eigenvalue weighted by Gasteiger charge is 2.41. The predicted molar refractivity (Wildman–Crippen MR) is 52.6 cm³/mol. The quantitative estimate of drug-likeness (QED) is 0.697. The molecule has 1 aliphatic carbocycles. The molecule has 0 spiro atoms. The van der Waals surface area contributed by atoms with Crippen LogP contribution in [0.3, 0.4) is 0 Å². The molecule has 1 saturated heterocycles. The van der Waals surface area contributed by atoms with E-state index in [0.29, 0.717) is 12.1 Å². The lowest BCUT2D eigenvalue weighted by atomic mass is 10.1. The first kappa shape index (κ1) is 9.44. The normalized spacial score (nSPS) is 36.9. The number of nitrogens with zero attached hydrogens (tertiary/aromatic N) is 1. The predicted octanol–water partition coefficient (Wildman–Crippen LogP) is 0.587. The molecule has 2 aliphatic rings. The van der Waals surface area contributed by atoms with Crippen LogP contribution in [0.5, 0.6) is 0 Å². The fourth-order valence-corrected chi connectivity index (χ4v) is 2.23. The fraction of sp³-hybridized carbons (Fsp3) is 1.00. The molecule has 13 heavy (non-hydrogen) atoms. The first-order chi connectivity index (χ1) is 6.11. The van der Waals surface area contributed by atoms with Gasteiger partial charge >= 0.3 is 0 Å². The third kappa shape index (κ3) is 2.03. The average molecular weight is 184 g/mol. The Morgan fingerprint density at radius 1 is 1.54 bits per heavy atom. The largest absolute Gasteiger partial charge is 0.377 e. The molecule has 3 nitrogen and oxygen atoms in total. The van der Waals surface area contributed by atoms with Crippen LogP contribution in [-0.2, 0) is 4.74 Å². The van der Waals surface area contributed by atoms with Crippen molar-refractivity contribution in [2.45, 2.75) is 43.9 Å². The number of nitrogens with two attached hydrogens (primary N) is 1. The number of likely N-dealkylation sites (N-methyl/N-ethyl adjacent to an activating group) is 1. The second kappa shape index (κ2) is 3.23. The highest BCUT2D eigenvalue weighted by molar-refractivity contribution is 5.02. The zero-order valence-corrected chi connectivity index (χ0v) is 8.62. The van der Waals surface area contributed by atoms with E-state index in [9.17, 15) is 0 Å². The van der Waals surface area contributed by atoms with E-state index in [1.807, 2.05) is 0 Å². The molecule has 0 aromatic rings. The molecular formula is C10H20N2O. The molecule has 2 unspecified atom stereocenters. The maximum Gasteiger partial charge on any atom is 0.0702 e. The lowest BCUT2D eigenvalue weighted by Crippen LogP contribution is -2.45. The van der Waals surface area contributed by atoms with Crippen molar-refractivity contribution >= 4 is 0 Å². The molecule has 2 fully saturated rings. The molecule has 76 valence electrons. The molecule has 1 heterocycles. The summed E-state index contributed by atoms with van der Waals surface area (Å²) in [7, 11) is 2.17. The van der Waals surface area contributed by atoms with Crippen LogP contribution < -0.4 is 5.73 Å². The molecule has 2 N–H and O–H groups in total. The molecular weight excluding hydrogens is 164 g/mol. The van der Waals surface area contributed by atoms with Gasteiger partial charge < -0.3 is 10.5 Å². The molecule has 0 bridgehead atoms. The number of hydrogen-bond acceptors (Lipinski definition) is 3. The lowest BCUT2D eigenvalue weighted by Gasteiger charge is -2.28. The summed E-state index contributed by atoms with van der Waals surface area (Å²) in [5, 5.41) is 0. The summed E-state index contributed by atoms with van der Waals surface area (Å²) in [6.07, 6.45) is 3.93. The van der Waals surface area contributed by atoms with E-state index in [1.54, 1.807) is 0 Å². The Morgan fingerprint density at radius 2 is 2.23 bits per heavy atom. The van der Waals surface area contributed by atoms with Crippen molar-refractivity contribution in [3.8, 4) is 0 Å². The minimum atomic E-state index is 0.136. The molecule has 2 rings (SSSR count). The first-order valence-electron chi connectivity index (χ1n) is 5.21. The van der Waals surface area contributed by atoms with Crippen molar-refractivity contribution in [3.05, 3.63) is 0 Å². The summed E-state index contributed by atoms with van der Waals surface area (Å²) in [6.45, 7) is 4.10. The van der Waals surface area contributed by atoms with Gasteiger partial charge in [0, 0.05) is 24.7 Å². The van der Waals surface area contributed by atoms with Crippen LogP contribution in [0, 0.1) is 0 Å². The maximum atomic E-state index is 6.08. The van der Waals surface area contributed by atoms with E-state index in [2.05, 4.69) is 18.9 Å². The Bertz CT molecular complexity index is 191. The van der Waals surface area contributed by atoms with Crippen molar-refractivity contribution < 1.29 is 4.74 Å². The minimum Gasteiger partial charge on any atom is -0.377 e. The molecule has 0 amide bonds. The van der Waals surface area contributed by atoms with Crippen LogP contribution in [0.4, 0.5) is 0 Å². The van der Waals surface area contributed by atoms with Gasteiger partial charge in [-0.05, 0) is 33.2 Å². The molecule has 0 radical (unpaired) electrons. The molecule has 0 aromatic carbocycles. The third-order valence-corrected chi connectivity index (χ3v) is 3.36. The van der Waals surface area contributed by atoms with Gasteiger partial charge in [0.1, 0.15) is 0 Å². The van der Waals surface area contributed by atoms with Crippen LogP contribution in [-0.4, -0.2) is 42.8 Å². The maximum absolute atomic E-state index is 6.08. The summed E-state index contributed by atoms with van der Waals surface area (Å²) >= 11 is 0. The Hall–Kier alpha value is -0.120. The van der Waals surface area contributed by atoms with E-state index in [-0.39, 0.29) is 5.54 Å². The first-order valence-corrected chi connectivity index (χ1v) is 5.21. The van der Waals surface area contributed by atoms with Crippen molar-refractivity contribution in [3.63, 3.8) is 0 Å². The second-order valence-corrected chi connectivity index (χ2v) is 4.71. The summed E-state index contributed by atoms with van der Waals surface area (Å²) in [5.41, 5.74) is 6.21. The van der Waals surface area contributed by atoms with Gasteiger partial charge in [0.2, 0.25) is 0 Å². The lowest BCUT2D eigenvalue weighted by molar-refractivity contribution is 0.0809. The van der Waals surface area contributed by atoms with Crippen molar-refractivity contribution in [1.29, 1.82) is 0 Å². The van der Waals surface area contributed by atoms with E-state index >= 15 is 0 Å². The molecule has 2 atom stereocenters. The van der Waals surface area contributed by atoms with Crippen LogP contribution >= 0.6 is 0 Å². The monoisotopic (exact) mass is 184 g/mol. The highest BCUT2D eigenvalue weighted by Crippen LogP contribution is 2.34. The standard InChI is InChI=1S/C10H20N2O/c1-8-9(3-6-13-8)12(2)7-10(11)4-5-10/h8-9H,3-7,11H2,1-2H3. The van der Waals surface area contributed by atoms with Crippen LogP contribution in [0.15, 0.2) is 0 Å². The van der Waals surface area contributed by atoms with E-state index in [0.717, 1.165) is 19.6 Å². The van der Waals surface area contributed by atoms with E-state index in [4.69, 9.17) is 10.5 Å². The van der Waals surface area contributed by atoms with Crippen LogP contribution in [0.25, 0.3) is 0 Å². The van der Waals surface area contributed by atoms with Crippen LogP contribution in [0.1, 0.15) is 26.2 Å². The highest BCUT2D eigenvalue weighted by atomic mass is 16.5. The summed E-state index contributed by atoms with van der Waals surface area (Å²) in [5.74, 6) is 0. The van der Waals surface area contributed by atoms with Crippen LogP contribution in [0.2, 0.25) is 0 Å². The van der Waals surface area contributed by atoms with Gasteiger partial charge in [-0.1, -0.05) is 0 Å². The van der Waals surface area contributed by atoms with Gasteiger partial charge in [-0.25, -0.2) is 0 Å². The Balaban J connectivity index is 1.85. The smallest absolute Gasteiger partial charge is 0.0702 e. The Morgan fingerprint density at radius 3 is 2.69 bits per heavy atom. The summed E-state index contributed by atoms with van der Waals surface area (Å²) < 4.78 is 5.54. The summed E-state index contributed by atoms with van der Waals surface area (Å²) in [6, 6.07) is 0.584. The number of rotatable bonds is 3. The van der Waals surface area contributed by atoms with Gasteiger partial charge in [-0.15, -0.1) is 0 Å². The van der Waals surface area contributed by atoms with Gasteiger partial charge in [0.25, 0.3) is 0 Å². The SMILES string of the molecule is CC1OCCC1N(C)CC1(N)CC1. The fourth-order valence-electron chi connectivity index (χ4n) is 2.23. The summed E-state index contributed by atoms with van der Waals surface area (Å²) in [4.78, 5) is 2.38. The Kier molecular flexibility index (Phi) is 2.34. The molecule has 1 aliphatic heterocycles. The van der Waals surface area contributed by atoms with Crippen molar-refractivity contribution in [2.24, 2.45) is 5.73 Å². The molecule has 1 saturated carbocycles. The third-order valence-electron chi connectivity index (χ3n) is 3.36. The number of ether oxygens (including phenoxy) is 1. The van der Waals surface area contributed by atoms with Gasteiger partial charge in [-0.2, -0.15) is 0 Å². The molecule has 3 heteroatoms. The van der Waals surface area contributed by atoms with Gasteiger partial charge in [0.15, 0.2) is 0 Å². The minimum absolute atomic E-state index is 0.136. The zero-order chi connectivity index (χ0) is 9.47. The number of hydrogen-bond donors (Lipinski definition) is 1. The topological polar surface area (TPSA) is 38.5 Å². The van der Waals surface area contributed by atoms with Gasteiger partial charge in [0.05, 0.1) is 6.10 Å². The van der Waals surface area contributed by atoms with E-state index in [1.165, 1.54) is 12.8 Å². The van der Waals surface area contributed by atoms with Crippen molar-refractivity contribution in [2.75, 3.05) is 20.2 Å².